The molecule has 0 saturated carbocycles. The molecule has 156 valence electrons. The number of pyridine rings is 1. The highest BCUT2D eigenvalue weighted by molar-refractivity contribution is 7.89. The summed E-state index contributed by atoms with van der Waals surface area (Å²) in [5, 5.41) is 4.96. The summed E-state index contributed by atoms with van der Waals surface area (Å²) >= 11 is 0. The molecule has 0 N–H and O–H groups in total. The van der Waals surface area contributed by atoms with Gasteiger partial charge in [-0.05, 0) is 13.0 Å². The highest BCUT2D eigenvalue weighted by Gasteiger charge is 2.31. The van der Waals surface area contributed by atoms with E-state index in [2.05, 4.69) is 26.9 Å². The quantitative estimate of drug-likeness (QED) is 0.536. The van der Waals surface area contributed by atoms with Crippen LogP contribution in [0.1, 0.15) is 18.2 Å². The Morgan fingerprint density at radius 1 is 1.27 bits per heavy atom. The minimum absolute atomic E-state index is 0.0629. The molecular weight excluding hydrogens is 408 g/mol. The largest absolute Gasteiger partial charge is 0.379 e. The smallest absolute Gasteiger partial charge is 0.268 e. The van der Waals surface area contributed by atoms with Crippen LogP contribution in [0.3, 0.4) is 0 Å². The van der Waals surface area contributed by atoms with Crippen molar-refractivity contribution in [2.24, 2.45) is 7.05 Å². The summed E-state index contributed by atoms with van der Waals surface area (Å²) in [6.45, 7) is 2.80. The van der Waals surface area contributed by atoms with Gasteiger partial charge in [0.15, 0.2) is 0 Å². The average Bonchev–Trinajstić information content (AvgIpc) is 3.13. The van der Waals surface area contributed by atoms with E-state index in [1.54, 1.807) is 26.2 Å². The predicted molar refractivity (Wildman–Crippen MR) is 108 cm³/mol. The van der Waals surface area contributed by atoms with E-state index in [1.807, 2.05) is 0 Å². The highest BCUT2D eigenvalue weighted by atomic mass is 32.2. The van der Waals surface area contributed by atoms with Crippen molar-refractivity contribution in [1.82, 2.24) is 28.6 Å². The van der Waals surface area contributed by atoms with Gasteiger partial charge in [-0.25, -0.2) is 18.4 Å². The zero-order chi connectivity index (χ0) is 21.3. The molecule has 4 rings (SSSR count). The number of ether oxygens (including phenoxy) is 1. The van der Waals surface area contributed by atoms with Crippen LogP contribution in [0.15, 0.2) is 34.5 Å². The standard InChI is InChI=1S/C19H20N6O4S/c1-3-4-14-9-15-10-20-13-21-18(15)25(19(14)26)11-16-17(12-23(2)22-16)30(27,28)24-5-7-29-8-6-24/h9-10,12-13H,5-8,11H2,1-2H3. The van der Waals surface area contributed by atoms with E-state index in [0.717, 1.165) is 0 Å². The Morgan fingerprint density at radius 3 is 2.77 bits per heavy atom. The van der Waals surface area contributed by atoms with Crippen molar-refractivity contribution >= 4 is 21.1 Å². The number of fused-ring (bicyclic) bond motifs is 1. The zero-order valence-corrected chi connectivity index (χ0v) is 17.4. The Labute approximate surface area is 173 Å². The normalized spacial score (nSPS) is 15.1. The molecule has 4 heterocycles. The molecular formula is C19H20N6O4S. The highest BCUT2D eigenvalue weighted by Crippen LogP contribution is 2.22. The number of nitrogens with zero attached hydrogens (tertiary/aromatic N) is 6. The number of hydrogen-bond donors (Lipinski definition) is 0. The monoisotopic (exact) mass is 428 g/mol. The molecule has 0 aromatic carbocycles. The molecule has 0 amide bonds. The Hall–Kier alpha value is -3.07. The maximum Gasteiger partial charge on any atom is 0.268 e. The van der Waals surface area contributed by atoms with Crippen molar-refractivity contribution in [3.8, 4) is 11.8 Å². The van der Waals surface area contributed by atoms with E-state index < -0.39 is 10.0 Å². The van der Waals surface area contributed by atoms with Crippen LogP contribution in [0, 0.1) is 11.8 Å². The lowest BCUT2D eigenvalue weighted by molar-refractivity contribution is 0.0730. The van der Waals surface area contributed by atoms with Gasteiger partial charge in [-0.15, -0.1) is 5.92 Å². The fourth-order valence-electron chi connectivity index (χ4n) is 3.40. The molecule has 0 aliphatic carbocycles. The summed E-state index contributed by atoms with van der Waals surface area (Å²) in [6.07, 6.45) is 4.38. The third kappa shape index (κ3) is 3.60. The van der Waals surface area contributed by atoms with Gasteiger partial charge in [-0.1, -0.05) is 5.92 Å². The minimum Gasteiger partial charge on any atom is -0.379 e. The fourth-order valence-corrected chi connectivity index (χ4v) is 5.00. The first-order valence-corrected chi connectivity index (χ1v) is 10.7. The zero-order valence-electron chi connectivity index (χ0n) is 16.6. The van der Waals surface area contributed by atoms with Gasteiger partial charge in [0, 0.05) is 37.9 Å². The summed E-state index contributed by atoms with van der Waals surface area (Å²) in [4.78, 5) is 21.3. The Balaban J connectivity index is 1.85. The number of morpholine rings is 1. The predicted octanol–water partition coefficient (Wildman–Crippen LogP) is -0.0344. The maximum absolute atomic E-state index is 13.2. The Morgan fingerprint density at radius 2 is 2.03 bits per heavy atom. The van der Waals surface area contributed by atoms with Crippen molar-refractivity contribution in [1.29, 1.82) is 0 Å². The molecule has 0 atom stereocenters. The Kier molecular flexibility index (Phi) is 5.38. The first-order chi connectivity index (χ1) is 14.4. The van der Waals surface area contributed by atoms with Crippen molar-refractivity contribution in [3.63, 3.8) is 0 Å². The fraction of sp³-hybridized carbons (Fsp3) is 0.368. The van der Waals surface area contributed by atoms with Gasteiger partial charge in [-0.3, -0.25) is 14.0 Å². The Bertz CT molecular complexity index is 1330. The van der Waals surface area contributed by atoms with Crippen LogP contribution in [-0.4, -0.2) is 63.3 Å². The molecule has 11 heteroatoms. The summed E-state index contributed by atoms with van der Waals surface area (Å²) in [5.74, 6) is 5.52. The lowest BCUT2D eigenvalue weighted by Crippen LogP contribution is -2.41. The molecule has 0 radical (unpaired) electrons. The van der Waals surface area contributed by atoms with Crippen molar-refractivity contribution in [3.05, 3.63) is 46.4 Å². The number of aryl methyl sites for hydroxylation is 1. The van der Waals surface area contributed by atoms with E-state index in [0.29, 0.717) is 24.2 Å². The van der Waals surface area contributed by atoms with Crippen LogP contribution in [-0.2, 0) is 28.4 Å². The number of rotatable bonds is 4. The summed E-state index contributed by atoms with van der Waals surface area (Å²) < 4.78 is 35.9. The van der Waals surface area contributed by atoms with Gasteiger partial charge in [0.05, 0.1) is 25.3 Å². The van der Waals surface area contributed by atoms with Crippen LogP contribution in [0.5, 0.6) is 0 Å². The van der Waals surface area contributed by atoms with E-state index in [4.69, 9.17) is 4.74 Å². The second-order valence-corrected chi connectivity index (χ2v) is 8.66. The molecule has 10 nitrogen and oxygen atoms in total. The first-order valence-electron chi connectivity index (χ1n) is 9.28. The minimum atomic E-state index is -3.78. The average molecular weight is 428 g/mol. The van der Waals surface area contributed by atoms with Gasteiger partial charge >= 0.3 is 0 Å². The molecule has 1 aliphatic rings. The topological polar surface area (TPSA) is 112 Å². The molecule has 0 spiro atoms. The second-order valence-electron chi connectivity index (χ2n) is 6.76. The van der Waals surface area contributed by atoms with Crippen molar-refractivity contribution < 1.29 is 13.2 Å². The molecule has 0 unspecified atom stereocenters. The molecule has 3 aromatic rings. The summed E-state index contributed by atoms with van der Waals surface area (Å²) in [5.41, 5.74) is 0.564. The summed E-state index contributed by atoms with van der Waals surface area (Å²) in [6, 6.07) is 1.63. The molecule has 3 aromatic heterocycles. The van der Waals surface area contributed by atoms with Crippen LogP contribution in [0.4, 0.5) is 0 Å². The van der Waals surface area contributed by atoms with Gasteiger partial charge in [0.25, 0.3) is 5.56 Å². The molecule has 30 heavy (non-hydrogen) atoms. The molecule has 1 aliphatic heterocycles. The first kappa shape index (κ1) is 20.2. The number of sulfonamides is 1. The molecule has 1 saturated heterocycles. The maximum atomic E-state index is 13.2. The molecule has 1 fully saturated rings. The van der Waals surface area contributed by atoms with Gasteiger partial charge in [0.1, 0.15) is 22.6 Å². The number of hydrogen-bond acceptors (Lipinski definition) is 7. The molecule has 0 bridgehead atoms. The number of aromatic nitrogens is 5. The van der Waals surface area contributed by atoms with Gasteiger partial charge in [-0.2, -0.15) is 9.40 Å². The van der Waals surface area contributed by atoms with Gasteiger partial charge in [0.2, 0.25) is 10.0 Å². The second kappa shape index (κ2) is 7.98. The van der Waals surface area contributed by atoms with E-state index in [-0.39, 0.29) is 41.3 Å². The van der Waals surface area contributed by atoms with Crippen molar-refractivity contribution in [2.45, 2.75) is 18.4 Å². The van der Waals surface area contributed by atoms with Crippen LogP contribution < -0.4 is 5.56 Å². The van der Waals surface area contributed by atoms with Crippen LogP contribution in [0.25, 0.3) is 11.0 Å². The lowest BCUT2D eigenvalue weighted by Gasteiger charge is -2.25. The van der Waals surface area contributed by atoms with Gasteiger partial charge < -0.3 is 4.74 Å². The summed E-state index contributed by atoms with van der Waals surface area (Å²) in [7, 11) is -2.14. The SMILES string of the molecule is CC#Cc1cc2cncnc2n(Cc2nn(C)cc2S(=O)(=O)N2CCOCC2)c1=O. The van der Waals surface area contributed by atoms with Crippen LogP contribution >= 0.6 is 0 Å². The van der Waals surface area contributed by atoms with Crippen LogP contribution in [0.2, 0.25) is 0 Å². The van der Waals surface area contributed by atoms with Crippen molar-refractivity contribution in [2.75, 3.05) is 26.3 Å². The third-order valence-electron chi connectivity index (χ3n) is 4.77. The third-order valence-corrected chi connectivity index (χ3v) is 6.71. The van der Waals surface area contributed by atoms with E-state index in [9.17, 15) is 13.2 Å². The van der Waals surface area contributed by atoms with E-state index in [1.165, 1.54) is 26.1 Å². The van der Waals surface area contributed by atoms with E-state index >= 15 is 0 Å². The lowest BCUT2D eigenvalue weighted by atomic mass is 10.2.